The van der Waals surface area contributed by atoms with Crippen molar-refractivity contribution in [2.75, 3.05) is 45.2 Å². The number of nitrogens with one attached hydrogen (secondary N) is 3. The van der Waals surface area contributed by atoms with Gasteiger partial charge in [0, 0.05) is 55.0 Å². The number of imide groups is 1. The van der Waals surface area contributed by atoms with Crippen LogP contribution in [0.25, 0.3) is 22.0 Å². The third kappa shape index (κ3) is 9.84. The molecule has 7 rings (SSSR count). The van der Waals surface area contributed by atoms with Crippen molar-refractivity contribution in [3.8, 4) is 16.9 Å². The fourth-order valence-corrected chi connectivity index (χ4v) is 7.80. The van der Waals surface area contributed by atoms with Crippen LogP contribution < -0.4 is 20.9 Å². The summed E-state index contributed by atoms with van der Waals surface area (Å²) in [7, 11) is 3.21. The number of hydrogen-bond acceptors (Lipinski definition) is 9. The summed E-state index contributed by atoms with van der Waals surface area (Å²) in [6.45, 7) is 3.40. The number of carboxylic acid groups (broad SMARTS) is 1. The molecule has 3 aliphatic heterocycles. The number of nitrogens with zero attached hydrogens (tertiary/aromatic N) is 4. The Hall–Kier alpha value is -5.78. The molecule has 3 amide bonds. The van der Waals surface area contributed by atoms with Crippen LogP contribution in [-0.4, -0.2) is 105 Å². The summed E-state index contributed by atoms with van der Waals surface area (Å²) < 4.78 is 54.6. The van der Waals surface area contributed by atoms with Crippen LogP contribution in [0.1, 0.15) is 55.6 Å². The van der Waals surface area contributed by atoms with E-state index in [-0.39, 0.29) is 35.0 Å². The lowest BCUT2D eigenvalue weighted by molar-refractivity contribution is -0.192. The number of ether oxygens (including phenoxy) is 1. The predicted octanol–water partition coefficient (Wildman–Crippen LogP) is 4.59. The zero-order valence-corrected chi connectivity index (χ0v) is 32.0. The molecule has 4 N–H and O–H groups in total. The van der Waals surface area contributed by atoms with Gasteiger partial charge in [-0.05, 0) is 98.8 Å². The molecule has 3 fully saturated rings. The number of pyridine rings is 1. The Morgan fingerprint density at radius 2 is 1.67 bits per heavy atom. The lowest BCUT2D eigenvalue weighted by atomic mass is 9.88. The fourth-order valence-electron chi connectivity index (χ4n) is 7.80. The quantitative estimate of drug-likeness (QED) is 0.138. The molecule has 58 heavy (non-hydrogen) atoms. The Balaban J connectivity index is 0.000000743. The number of aryl methyl sites for hydroxylation is 1. The molecule has 14 nitrogen and oxygen atoms in total. The van der Waals surface area contributed by atoms with Crippen molar-refractivity contribution in [2.24, 2.45) is 13.0 Å². The summed E-state index contributed by atoms with van der Waals surface area (Å²) >= 11 is 0. The van der Waals surface area contributed by atoms with Gasteiger partial charge in [-0.15, -0.1) is 0 Å². The minimum Gasteiger partial charge on any atom is -0.496 e. The summed E-state index contributed by atoms with van der Waals surface area (Å²) in [5, 5.41) is 20.1. The average molecular weight is 812 g/mol. The second kappa shape index (κ2) is 17.8. The first-order chi connectivity index (χ1) is 27.6. The van der Waals surface area contributed by atoms with E-state index in [4.69, 9.17) is 14.6 Å². The molecular weight excluding hydrogens is 766 g/mol. The minimum atomic E-state index is -5.08. The van der Waals surface area contributed by atoms with Crippen LogP contribution in [0.3, 0.4) is 0 Å². The third-order valence-corrected chi connectivity index (χ3v) is 11.1. The number of alkyl halides is 3. The maximum absolute atomic E-state index is 15.7. The zero-order chi connectivity index (χ0) is 41.7. The van der Waals surface area contributed by atoms with E-state index in [0.717, 1.165) is 57.5 Å². The number of rotatable bonds is 9. The van der Waals surface area contributed by atoms with E-state index in [1.165, 1.54) is 16.2 Å². The highest BCUT2D eigenvalue weighted by molar-refractivity contribution is 6.01. The Labute approximate surface area is 330 Å². The molecule has 2 aromatic heterocycles. The van der Waals surface area contributed by atoms with Crippen molar-refractivity contribution in [2.45, 2.75) is 63.1 Å². The molecule has 1 unspecified atom stereocenters. The summed E-state index contributed by atoms with van der Waals surface area (Å²) in [6, 6.07) is 11.1. The van der Waals surface area contributed by atoms with Crippen LogP contribution in [0.5, 0.6) is 5.75 Å². The first kappa shape index (κ1) is 41.8. The molecule has 5 heterocycles. The van der Waals surface area contributed by atoms with Crippen LogP contribution in [0, 0.1) is 11.7 Å². The van der Waals surface area contributed by atoms with Crippen LogP contribution >= 0.6 is 0 Å². The number of aromatic nitrogens is 3. The summed E-state index contributed by atoms with van der Waals surface area (Å²) in [5.41, 5.74) is 4.11. The second-order valence-corrected chi connectivity index (χ2v) is 14.9. The number of carbonyl (C=O) groups excluding carboxylic acids is 3. The number of H-pyrrole nitrogens is 1. The first-order valence-electron chi connectivity index (χ1n) is 19.0. The molecule has 0 saturated carbocycles. The van der Waals surface area contributed by atoms with Crippen molar-refractivity contribution < 1.29 is 46.6 Å². The van der Waals surface area contributed by atoms with Gasteiger partial charge in [-0.25, -0.2) is 9.18 Å². The van der Waals surface area contributed by atoms with Crippen molar-refractivity contribution in [1.29, 1.82) is 0 Å². The number of carbonyl (C=O) groups is 4. The number of anilines is 1. The van der Waals surface area contributed by atoms with Gasteiger partial charge >= 0.3 is 12.1 Å². The number of carboxylic acids is 1. The molecule has 310 valence electrons. The van der Waals surface area contributed by atoms with Gasteiger partial charge in [0.05, 0.1) is 19.9 Å². The first-order valence-corrected chi connectivity index (χ1v) is 19.0. The number of fused-ring (bicyclic) bond motifs is 1. The highest BCUT2D eigenvalue weighted by Gasteiger charge is 2.38. The number of methoxy groups -OCH3 is 1. The maximum atomic E-state index is 15.7. The molecule has 3 saturated heterocycles. The molecule has 0 aliphatic carbocycles. The highest BCUT2D eigenvalue weighted by atomic mass is 19.4. The Morgan fingerprint density at radius 3 is 2.29 bits per heavy atom. The molecule has 18 heteroatoms. The van der Waals surface area contributed by atoms with Crippen molar-refractivity contribution in [3.05, 3.63) is 76.1 Å². The van der Waals surface area contributed by atoms with Gasteiger partial charge in [-0.1, -0.05) is 12.1 Å². The number of aromatic amines is 1. The van der Waals surface area contributed by atoms with Gasteiger partial charge in [0.15, 0.2) is 0 Å². The highest BCUT2D eigenvalue weighted by Crippen LogP contribution is 2.36. The molecule has 3 aliphatic rings. The summed E-state index contributed by atoms with van der Waals surface area (Å²) in [4.78, 5) is 62.3. The number of halogens is 4. The van der Waals surface area contributed by atoms with E-state index in [1.807, 2.05) is 23.1 Å². The SMILES string of the molecule is COc1cc(-c2cn(C)c(=O)c3[nH]ncc23)cc(F)c1CC1CCN(CC(=O)N2CCC(c3ccc(NC4CCC(=O)NC4=O)cc3)CC2)CC1.O=C(O)C(F)(F)F. The van der Waals surface area contributed by atoms with Crippen molar-refractivity contribution in [1.82, 2.24) is 29.9 Å². The van der Waals surface area contributed by atoms with Crippen LogP contribution in [0.4, 0.5) is 23.2 Å². The maximum Gasteiger partial charge on any atom is 0.490 e. The number of hydrogen-bond donors (Lipinski definition) is 4. The molecule has 0 bridgehead atoms. The van der Waals surface area contributed by atoms with E-state index < -0.39 is 18.2 Å². The molecule has 0 spiro atoms. The standard InChI is InChI=1S/C38H44FN7O5.C2HF3O2/c1-44-21-30(29-20-40-43-36(29)38(44)50)26-18-31(39)28(33(19-26)51-2)17-23-9-13-45(14-10-23)22-35(48)46-15-11-25(12-16-46)24-3-5-27(6-4-24)41-32-7-8-34(47)42-37(32)49;3-2(4,5)1(6)7/h3-6,18-21,23,25,32,41H,7-17,22H2,1-2H3,(H,40,43)(H,42,47,49);(H,6,7). The van der Waals surface area contributed by atoms with Gasteiger partial charge in [-0.2, -0.15) is 18.3 Å². The largest absolute Gasteiger partial charge is 0.496 e. The van der Waals surface area contributed by atoms with Gasteiger partial charge in [0.25, 0.3) is 5.56 Å². The predicted molar refractivity (Wildman–Crippen MR) is 205 cm³/mol. The zero-order valence-electron chi connectivity index (χ0n) is 32.0. The van der Waals surface area contributed by atoms with Gasteiger partial charge in [0.2, 0.25) is 17.7 Å². The van der Waals surface area contributed by atoms with E-state index in [1.54, 1.807) is 26.6 Å². The van der Waals surface area contributed by atoms with Crippen LogP contribution in [-0.2, 0) is 32.6 Å². The van der Waals surface area contributed by atoms with Gasteiger partial charge in [0.1, 0.15) is 23.1 Å². The summed E-state index contributed by atoms with van der Waals surface area (Å²) in [6.07, 6.45) is 3.09. The van der Waals surface area contributed by atoms with Crippen LogP contribution in [0.2, 0.25) is 0 Å². The molecule has 4 aromatic rings. The summed E-state index contributed by atoms with van der Waals surface area (Å²) in [5.74, 6) is -2.33. The number of amides is 3. The lowest BCUT2D eigenvalue weighted by Crippen LogP contribution is -2.47. The average Bonchev–Trinajstić information content (AvgIpc) is 3.69. The van der Waals surface area contributed by atoms with E-state index in [9.17, 15) is 32.3 Å². The number of likely N-dealkylation sites (tertiary alicyclic amines) is 2. The second-order valence-electron chi connectivity index (χ2n) is 14.9. The molecule has 0 radical (unpaired) electrons. The van der Waals surface area contributed by atoms with E-state index in [2.05, 4.69) is 37.9 Å². The number of piperidine rings is 3. The Bertz CT molecular complexity index is 2210. The normalized spacial score (nSPS) is 18.4. The van der Waals surface area contributed by atoms with Crippen molar-refractivity contribution >= 4 is 40.3 Å². The van der Waals surface area contributed by atoms with Crippen LogP contribution in [0.15, 0.2) is 53.6 Å². The number of benzene rings is 2. The van der Waals surface area contributed by atoms with Gasteiger partial charge in [-0.3, -0.25) is 34.5 Å². The topological polar surface area (TPSA) is 179 Å². The van der Waals surface area contributed by atoms with Gasteiger partial charge < -0.3 is 24.6 Å². The smallest absolute Gasteiger partial charge is 0.490 e. The fraction of sp³-hybridized carbons (Fsp3) is 0.450. The Morgan fingerprint density at radius 1 is 1.00 bits per heavy atom. The van der Waals surface area contributed by atoms with E-state index in [0.29, 0.717) is 65.1 Å². The lowest BCUT2D eigenvalue weighted by Gasteiger charge is -2.36. The molecule has 1 atom stereocenters. The number of aliphatic carboxylic acids is 1. The van der Waals surface area contributed by atoms with Crippen molar-refractivity contribution in [3.63, 3.8) is 0 Å². The molecule has 2 aromatic carbocycles. The Kier molecular flexibility index (Phi) is 12.8. The monoisotopic (exact) mass is 811 g/mol. The molecular formula is C40H45F4N7O7. The minimum absolute atomic E-state index is 0.157. The third-order valence-electron chi connectivity index (χ3n) is 11.1. The van der Waals surface area contributed by atoms with E-state index >= 15 is 4.39 Å².